The number of likely N-dealkylation sites (tertiary alicyclic amines) is 1. The van der Waals surface area contributed by atoms with Crippen LogP contribution in [0.25, 0.3) is 0 Å². The van der Waals surface area contributed by atoms with Crippen LogP contribution in [0.5, 0.6) is 0 Å². The third-order valence-electron chi connectivity index (χ3n) is 3.68. The van der Waals surface area contributed by atoms with Crippen LogP contribution in [0.15, 0.2) is 24.3 Å². The molecule has 114 valence electrons. The zero-order chi connectivity index (χ0) is 15.2. The second kappa shape index (κ2) is 7.43. The van der Waals surface area contributed by atoms with Crippen molar-refractivity contribution in [1.82, 2.24) is 10.2 Å². The summed E-state index contributed by atoms with van der Waals surface area (Å²) in [6, 6.07) is 7.36. The van der Waals surface area contributed by atoms with Crippen molar-refractivity contribution in [3.8, 4) is 0 Å². The number of amides is 2. The zero-order valence-corrected chi connectivity index (χ0v) is 12.6. The Morgan fingerprint density at radius 1 is 1.33 bits per heavy atom. The highest BCUT2D eigenvalue weighted by Gasteiger charge is 2.24. The minimum absolute atomic E-state index is 0.0462. The number of hydrogen-bond donors (Lipinski definition) is 2. The highest BCUT2D eigenvalue weighted by Crippen LogP contribution is 2.15. The Kier molecular flexibility index (Phi) is 5.59. The first-order chi connectivity index (χ1) is 10.0. The normalized spacial score (nSPS) is 19.2. The molecule has 1 aromatic carbocycles. The lowest BCUT2D eigenvalue weighted by molar-refractivity contribution is -0.126. The molecule has 5 nitrogen and oxygen atoms in total. The predicted octanol–water partition coefficient (Wildman–Crippen LogP) is 1.15. The van der Waals surface area contributed by atoms with E-state index in [1.165, 1.54) is 0 Å². The quantitative estimate of drug-likeness (QED) is 0.857. The summed E-state index contributed by atoms with van der Waals surface area (Å²) in [6.45, 7) is 2.18. The van der Waals surface area contributed by atoms with Crippen LogP contribution in [-0.2, 0) is 16.1 Å². The van der Waals surface area contributed by atoms with E-state index in [1.807, 2.05) is 17.0 Å². The molecule has 6 heteroatoms. The topological polar surface area (TPSA) is 75.4 Å². The molecule has 1 fully saturated rings. The van der Waals surface area contributed by atoms with E-state index in [0.29, 0.717) is 24.7 Å². The first-order valence-electron chi connectivity index (χ1n) is 7.07. The maximum atomic E-state index is 11.9. The molecule has 2 amide bonds. The lowest BCUT2D eigenvalue weighted by Crippen LogP contribution is -2.45. The van der Waals surface area contributed by atoms with Gasteiger partial charge in [-0.2, -0.15) is 0 Å². The standard InChI is InChI=1S/C15H20ClN3O2/c16-13-5-3-11(4-6-13)8-18-14(20)10-19-7-1-2-12(9-19)15(17)21/h3-6,12H,1-2,7-10H2,(H2,17,21)(H,18,20)/t12-/m1/s1. The lowest BCUT2D eigenvalue weighted by atomic mass is 9.97. The van der Waals surface area contributed by atoms with Crippen LogP contribution < -0.4 is 11.1 Å². The molecule has 2 rings (SSSR count). The van der Waals surface area contributed by atoms with Gasteiger partial charge in [-0.15, -0.1) is 0 Å². The van der Waals surface area contributed by atoms with Gasteiger partial charge in [-0.25, -0.2) is 0 Å². The van der Waals surface area contributed by atoms with Crippen molar-refractivity contribution in [1.29, 1.82) is 0 Å². The smallest absolute Gasteiger partial charge is 0.234 e. The first kappa shape index (κ1) is 15.8. The van der Waals surface area contributed by atoms with Gasteiger partial charge in [0.05, 0.1) is 12.5 Å². The number of rotatable bonds is 5. The average molecular weight is 310 g/mol. The second-order valence-corrected chi connectivity index (χ2v) is 5.82. The van der Waals surface area contributed by atoms with E-state index in [2.05, 4.69) is 5.32 Å². The van der Waals surface area contributed by atoms with E-state index in [4.69, 9.17) is 17.3 Å². The Hall–Kier alpha value is -1.59. The molecular weight excluding hydrogens is 290 g/mol. The number of benzene rings is 1. The van der Waals surface area contributed by atoms with Gasteiger partial charge in [0.1, 0.15) is 0 Å². The number of hydrogen-bond acceptors (Lipinski definition) is 3. The number of nitrogens with zero attached hydrogens (tertiary/aromatic N) is 1. The van der Waals surface area contributed by atoms with Gasteiger partial charge in [0.25, 0.3) is 0 Å². The van der Waals surface area contributed by atoms with Crippen LogP contribution in [0.2, 0.25) is 5.02 Å². The Bertz CT molecular complexity index is 504. The fourth-order valence-electron chi connectivity index (χ4n) is 2.49. The van der Waals surface area contributed by atoms with E-state index in [0.717, 1.165) is 24.9 Å². The van der Waals surface area contributed by atoms with Gasteiger partial charge >= 0.3 is 0 Å². The molecular formula is C15H20ClN3O2. The van der Waals surface area contributed by atoms with Gasteiger partial charge < -0.3 is 11.1 Å². The number of nitrogens with two attached hydrogens (primary N) is 1. The minimum Gasteiger partial charge on any atom is -0.369 e. The Morgan fingerprint density at radius 3 is 2.71 bits per heavy atom. The van der Waals surface area contributed by atoms with Crippen LogP contribution in [0.1, 0.15) is 18.4 Å². The van der Waals surface area contributed by atoms with Crippen LogP contribution >= 0.6 is 11.6 Å². The molecule has 0 spiro atoms. The molecule has 0 aromatic heterocycles. The zero-order valence-electron chi connectivity index (χ0n) is 11.8. The van der Waals surface area contributed by atoms with Crippen LogP contribution in [0, 0.1) is 5.92 Å². The molecule has 0 saturated carbocycles. The maximum Gasteiger partial charge on any atom is 0.234 e. The molecule has 0 bridgehead atoms. The number of carbonyl (C=O) groups is 2. The van der Waals surface area contributed by atoms with Crippen LogP contribution in [0.3, 0.4) is 0 Å². The number of nitrogens with one attached hydrogen (secondary N) is 1. The van der Waals surface area contributed by atoms with Gasteiger partial charge in [0.2, 0.25) is 11.8 Å². The molecule has 1 aliphatic rings. The summed E-state index contributed by atoms with van der Waals surface area (Å²) >= 11 is 5.81. The van der Waals surface area contributed by atoms with Crippen molar-refractivity contribution in [2.45, 2.75) is 19.4 Å². The van der Waals surface area contributed by atoms with Crippen molar-refractivity contribution in [2.75, 3.05) is 19.6 Å². The number of primary amides is 1. The largest absolute Gasteiger partial charge is 0.369 e. The number of carbonyl (C=O) groups excluding carboxylic acids is 2. The summed E-state index contributed by atoms with van der Waals surface area (Å²) < 4.78 is 0. The van der Waals surface area contributed by atoms with E-state index in [9.17, 15) is 9.59 Å². The third-order valence-corrected chi connectivity index (χ3v) is 3.93. The molecule has 1 heterocycles. The van der Waals surface area contributed by atoms with Crippen molar-refractivity contribution < 1.29 is 9.59 Å². The fraction of sp³-hybridized carbons (Fsp3) is 0.467. The average Bonchev–Trinajstić information content (AvgIpc) is 2.47. The predicted molar refractivity (Wildman–Crippen MR) is 81.7 cm³/mol. The number of halogens is 1. The lowest BCUT2D eigenvalue weighted by Gasteiger charge is -2.30. The monoisotopic (exact) mass is 309 g/mol. The van der Waals surface area contributed by atoms with Crippen molar-refractivity contribution in [3.05, 3.63) is 34.9 Å². The van der Waals surface area contributed by atoms with Gasteiger partial charge in [-0.3, -0.25) is 14.5 Å². The van der Waals surface area contributed by atoms with E-state index < -0.39 is 0 Å². The molecule has 1 aromatic rings. The van der Waals surface area contributed by atoms with Crippen molar-refractivity contribution in [2.24, 2.45) is 11.7 Å². The van der Waals surface area contributed by atoms with E-state index >= 15 is 0 Å². The molecule has 21 heavy (non-hydrogen) atoms. The summed E-state index contributed by atoms with van der Waals surface area (Å²) in [5.74, 6) is -0.459. The number of piperidine rings is 1. The van der Waals surface area contributed by atoms with Gasteiger partial charge in [-0.05, 0) is 37.1 Å². The molecule has 1 atom stereocenters. The maximum absolute atomic E-state index is 11.9. The highest BCUT2D eigenvalue weighted by molar-refractivity contribution is 6.30. The van der Waals surface area contributed by atoms with Crippen molar-refractivity contribution >= 4 is 23.4 Å². The van der Waals surface area contributed by atoms with Gasteiger partial charge in [-0.1, -0.05) is 23.7 Å². The summed E-state index contributed by atoms with van der Waals surface area (Å²) in [5.41, 5.74) is 6.33. The molecule has 0 radical (unpaired) electrons. The second-order valence-electron chi connectivity index (χ2n) is 5.38. The first-order valence-corrected chi connectivity index (χ1v) is 7.45. The third kappa shape index (κ3) is 5.02. The summed E-state index contributed by atoms with van der Waals surface area (Å²) in [4.78, 5) is 25.1. The van der Waals surface area contributed by atoms with Gasteiger partial charge in [0, 0.05) is 18.1 Å². The molecule has 0 unspecified atom stereocenters. The van der Waals surface area contributed by atoms with Crippen LogP contribution in [-0.4, -0.2) is 36.3 Å². The Labute approximate surface area is 129 Å². The molecule has 3 N–H and O–H groups in total. The highest BCUT2D eigenvalue weighted by atomic mass is 35.5. The van der Waals surface area contributed by atoms with E-state index in [1.54, 1.807) is 12.1 Å². The van der Waals surface area contributed by atoms with E-state index in [-0.39, 0.29) is 17.7 Å². The summed E-state index contributed by atoms with van der Waals surface area (Å²) in [6.07, 6.45) is 1.72. The molecule has 0 aliphatic carbocycles. The Morgan fingerprint density at radius 2 is 2.05 bits per heavy atom. The molecule has 1 saturated heterocycles. The molecule has 1 aliphatic heterocycles. The summed E-state index contributed by atoms with van der Waals surface area (Å²) in [5, 5.41) is 3.55. The van der Waals surface area contributed by atoms with Crippen molar-refractivity contribution in [3.63, 3.8) is 0 Å². The van der Waals surface area contributed by atoms with Gasteiger partial charge in [0.15, 0.2) is 0 Å². The minimum atomic E-state index is -0.277. The summed E-state index contributed by atoms with van der Waals surface area (Å²) in [7, 11) is 0. The SMILES string of the molecule is NC(=O)[C@@H]1CCCN(CC(=O)NCc2ccc(Cl)cc2)C1. The van der Waals surface area contributed by atoms with Crippen LogP contribution in [0.4, 0.5) is 0 Å². The Balaban J connectivity index is 1.76. The fourth-order valence-corrected chi connectivity index (χ4v) is 2.62.